The summed E-state index contributed by atoms with van der Waals surface area (Å²) in [6.07, 6.45) is 1.80. The monoisotopic (exact) mass is 347 g/mol. The summed E-state index contributed by atoms with van der Waals surface area (Å²) in [7, 11) is 0. The highest BCUT2D eigenvalue weighted by Crippen LogP contribution is 2.25. The molecule has 26 heavy (non-hydrogen) atoms. The molecule has 0 spiro atoms. The van der Waals surface area contributed by atoms with Gasteiger partial charge in [-0.1, -0.05) is 24.3 Å². The molecule has 1 aliphatic heterocycles. The lowest BCUT2D eigenvalue weighted by atomic mass is 10.0. The summed E-state index contributed by atoms with van der Waals surface area (Å²) in [5.41, 5.74) is 2.93. The largest absolute Gasteiger partial charge is 0.372 e. The van der Waals surface area contributed by atoms with Crippen LogP contribution in [-0.4, -0.2) is 46.1 Å². The zero-order valence-electron chi connectivity index (χ0n) is 14.9. The number of rotatable bonds is 2. The van der Waals surface area contributed by atoms with Crippen LogP contribution in [0.1, 0.15) is 24.2 Å². The Morgan fingerprint density at radius 3 is 2.50 bits per heavy atom. The highest BCUT2D eigenvalue weighted by atomic mass is 16.5. The minimum atomic E-state index is 0.0165. The molecule has 2 atom stereocenters. The van der Waals surface area contributed by atoms with E-state index in [1.54, 1.807) is 6.20 Å². The van der Waals surface area contributed by atoms with E-state index < -0.39 is 0 Å². The molecule has 1 amide bonds. The number of carbonyl (C=O) groups is 1. The Morgan fingerprint density at radius 1 is 1.04 bits per heavy atom. The van der Waals surface area contributed by atoms with Crippen molar-refractivity contribution in [3.05, 3.63) is 60.3 Å². The number of morpholine rings is 1. The Hall–Kier alpha value is -2.79. The van der Waals surface area contributed by atoms with Gasteiger partial charge in [-0.25, -0.2) is 4.98 Å². The molecular formula is C21H21N3O2. The molecule has 132 valence electrons. The number of para-hydroxylation sites is 1. The lowest BCUT2D eigenvalue weighted by Crippen LogP contribution is -2.48. The minimum Gasteiger partial charge on any atom is -0.372 e. The van der Waals surface area contributed by atoms with E-state index in [9.17, 15) is 4.79 Å². The first-order chi connectivity index (χ1) is 12.6. The van der Waals surface area contributed by atoms with Crippen molar-refractivity contribution in [2.24, 2.45) is 0 Å². The molecule has 0 bridgehead atoms. The fraction of sp³-hybridized carbons (Fsp3) is 0.286. The molecule has 1 aromatic carbocycles. The second-order valence-electron chi connectivity index (χ2n) is 6.75. The first kappa shape index (κ1) is 16.7. The van der Waals surface area contributed by atoms with Crippen molar-refractivity contribution >= 4 is 16.8 Å². The smallest absolute Gasteiger partial charge is 0.254 e. The number of ether oxygens (including phenoxy) is 1. The van der Waals surface area contributed by atoms with Gasteiger partial charge in [0.2, 0.25) is 0 Å². The van der Waals surface area contributed by atoms with Gasteiger partial charge in [0.15, 0.2) is 0 Å². The second-order valence-corrected chi connectivity index (χ2v) is 6.75. The van der Waals surface area contributed by atoms with E-state index >= 15 is 0 Å². The van der Waals surface area contributed by atoms with Crippen LogP contribution in [0.5, 0.6) is 0 Å². The third-order valence-electron chi connectivity index (χ3n) is 4.58. The van der Waals surface area contributed by atoms with Crippen LogP contribution in [0.4, 0.5) is 0 Å². The van der Waals surface area contributed by atoms with Gasteiger partial charge in [0, 0.05) is 24.7 Å². The third-order valence-corrected chi connectivity index (χ3v) is 4.58. The predicted molar refractivity (Wildman–Crippen MR) is 101 cm³/mol. The number of fused-ring (bicyclic) bond motifs is 1. The zero-order chi connectivity index (χ0) is 18.1. The van der Waals surface area contributed by atoms with Crippen LogP contribution in [0.25, 0.3) is 22.3 Å². The molecule has 1 fully saturated rings. The van der Waals surface area contributed by atoms with Crippen molar-refractivity contribution in [2.75, 3.05) is 13.1 Å². The molecule has 3 heterocycles. The van der Waals surface area contributed by atoms with Crippen molar-refractivity contribution in [1.29, 1.82) is 0 Å². The Balaban J connectivity index is 1.81. The summed E-state index contributed by atoms with van der Waals surface area (Å²) in [5, 5.41) is 0.865. The first-order valence-electron chi connectivity index (χ1n) is 8.88. The van der Waals surface area contributed by atoms with E-state index in [2.05, 4.69) is 4.98 Å². The van der Waals surface area contributed by atoms with Crippen molar-refractivity contribution in [1.82, 2.24) is 14.9 Å². The Morgan fingerprint density at radius 2 is 1.77 bits per heavy atom. The summed E-state index contributed by atoms with van der Waals surface area (Å²) in [4.78, 5) is 24.3. The van der Waals surface area contributed by atoms with Crippen LogP contribution in [0.15, 0.2) is 54.7 Å². The summed E-state index contributed by atoms with van der Waals surface area (Å²) in [6, 6.07) is 15.3. The van der Waals surface area contributed by atoms with Crippen molar-refractivity contribution in [2.45, 2.75) is 26.1 Å². The van der Waals surface area contributed by atoms with E-state index in [4.69, 9.17) is 9.72 Å². The Bertz CT molecular complexity index is 932. The number of pyridine rings is 2. The van der Waals surface area contributed by atoms with Gasteiger partial charge in [-0.3, -0.25) is 9.78 Å². The molecule has 0 saturated carbocycles. The number of amides is 1. The molecule has 0 aliphatic carbocycles. The lowest BCUT2D eigenvalue weighted by Gasteiger charge is -2.35. The first-order valence-corrected chi connectivity index (χ1v) is 8.88. The standard InChI is InChI=1S/C21H21N3O2/c1-14-12-24(13-15(2)26-14)21(25)17-11-20(19-9-5-6-10-22-19)23-18-8-4-3-7-16(17)18/h3-11,14-15H,12-13H2,1-2H3/t14-,15-/m1/s1. The molecule has 3 aromatic rings. The van der Waals surface area contributed by atoms with Crippen molar-refractivity contribution < 1.29 is 9.53 Å². The maximum absolute atomic E-state index is 13.3. The highest BCUT2D eigenvalue weighted by Gasteiger charge is 2.28. The van der Waals surface area contributed by atoms with Gasteiger partial charge in [0.05, 0.1) is 34.7 Å². The summed E-state index contributed by atoms with van der Waals surface area (Å²) < 4.78 is 5.77. The predicted octanol–water partition coefficient (Wildman–Crippen LogP) is 3.55. The topological polar surface area (TPSA) is 55.3 Å². The van der Waals surface area contributed by atoms with Crippen molar-refractivity contribution in [3.63, 3.8) is 0 Å². The van der Waals surface area contributed by atoms with Gasteiger partial charge in [0.1, 0.15) is 0 Å². The Labute approximate surface area is 152 Å². The molecule has 0 unspecified atom stereocenters. The van der Waals surface area contributed by atoms with Gasteiger partial charge in [-0.15, -0.1) is 0 Å². The number of carbonyl (C=O) groups excluding carboxylic acids is 1. The molecule has 2 aromatic heterocycles. The van der Waals surface area contributed by atoms with E-state index in [-0.39, 0.29) is 18.1 Å². The number of nitrogens with zero attached hydrogens (tertiary/aromatic N) is 3. The van der Waals surface area contributed by atoms with Crippen LogP contribution in [0.3, 0.4) is 0 Å². The van der Waals surface area contributed by atoms with Gasteiger partial charge in [-0.05, 0) is 38.1 Å². The van der Waals surface area contributed by atoms with Crippen LogP contribution in [0.2, 0.25) is 0 Å². The van der Waals surface area contributed by atoms with Crippen molar-refractivity contribution in [3.8, 4) is 11.4 Å². The second kappa shape index (κ2) is 6.84. The minimum absolute atomic E-state index is 0.0165. The Kier molecular flexibility index (Phi) is 4.39. The molecule has 1 saturated heterocycles. The zero-order valence-corrected chi connectivity index (χ0v) is 14.9. The van der Waals surface area contributed by atoms with Gasteiger partial charge in [-0.2, -0.15) is 0 Å². The molecule has 5 nitrogen and oxygen atoms in total. The molecule has 1 aliphatic rings. The van der Waals surface area contributed by atoms with E-state index in [1.807, 2.05) is 67.3 Å². The molecular weight excluding hydrogens is 326 g/mol. The molecule has 0 N–H and O–H groups in total. The summed E-state index contributed by atoms with van der Waals surface area (Å²) >= 11 is 0. The number of hydrogen-bond acceptors (Lipinski definition) is 4. The third kappa shape index (κ3) is 3.18. The maximum Gasteiger partial charge on any atom is 0.254 e. The summed E-state index contributed by atoms with van der Waals surface area (Å²) in [6.45, 7) is 5.19. The van der Waals surface area contributed by atoms with E-state index in [0.717, 1.165) is 16.6 Å². The van der Waals surface area contributed by atoms with Gasteiger partial charge >= 0.3 is 0 Å². The fourth-order valence-electron chi connectivity index (χ4n) is 3.51. The SMILES string of the molecule is C[C@@H]1CN(C(=O)c2cc(-c3ccccn3)nc3ccccc23)C[C@@H](C)O1. The molecule has 4 rings (SSSR count). The number of aromatic nitrogens is 2. The molecule has 0 radical (unpaired) electrons. The van der Waals surface area contributed by atoms with Crippen LogP contribution < -0.4 is 0 Å². The van der Waals surface area contributed by atoms with Crippen LogP contribution in [-0.2, 0) is 4.74 Å². The lowest BCUT2D eigenvalue weighted by molar-refractivity contribution is -0.0585. The van der Waals surface area contributed by atoms with Gasteiger partial charge < -0.3 is 9.64 Å². The average Bonchev–Trinajstić information content (AvgIpc) is 2.66. The highest BCUT2D eigenvalue weighted by molar-refractivity contribution is 6.07. The van der Waals surface area contributed by atoms with E-state index in [0.29, 0.717) is 24.3 Å². The number of hydrogen-bond donors (Lipinski definition) is 0. The maximum atomic E-state index is 13.3. The van der Waals surface area contributed by atoms with Crippen LogP contribution in [0, 0.1) is 0 Å². The fourth-order valence-corrected chi connectivity index (χ4v) is 3.51. The quantitative estimate of drug-likeness (QED) is 0.711. The van der Waals surface area contributed by atoms with E-state index in [1.165, 1.54) is 0 Å². The van der Waals surface area contributed by atoms with Crippen LogP contribution >= 0.6 is 0 Å². The normalized spacial score (nSPS) is 20.3. The van der Waals surface area contributed by atoms with Gasteiger partial charge in [0.25, 0.3) is 5.91 Å². The number of benzene rings is 1. The summed E-state index contributed by atoms with van der Waals surface area (Å²) in [5.74, 6) is 0.0165. The molecule has 5 heteroatoms. The average molecular weight is 347 g/mol.